The van der Waals surface area contributed by atoms with E-state index in [1.807, 2.05) is 0 Å². The van der Waals surface area contributed by atoms with E-state index in [1.54, 1.807) is 0 Å². The fourth-order valence-electron chi connectivity index (χ4n) is 5.03. The van der Waals surface area contributed by atoms with Gasteiger partial charge in [-0.1, -0.05) is 13.3 Å². The molecule has 0 aliphatic carbocycles. The van der Waals surface area contributed by atoms with Gasteiger partial charge in [-0.2, -0.15) is 0 Å². The SMILES string of the molecule is CCCC1Nc2ccc3nc2-c2nc(ccc2N1)CN1CCOCCOCCN(CCOCCOCC1)C3. The van der Waals surface area contributed by atoms with Crippen molar-refractivity contribution in [2.45, 2.75) is 39.0 Å². The first-order valence-electron chi connectivity index (χ1n) is 14.1. The van der Waals surface area contributed by atoms with Gasteiger partial charge in [-0.05, 0) is 30.7 Å². The van der Waals surface area contributed by atoms with Gasteiger partial charge in [0.2, 0.25) is 0 Å². The normalized spacial score (nSPS) is 25.6. The number of rotatable bonds is 2. The maximum Gasteiger partial charge on any atom is 0.114 e. The number of pyridine rings is 2. The van der Waals surface area contributed by atoms with Gasteiger partial charge in [0, 0.05) is 39.3 Å². The molecule has 38 heavy (non-hydrogen) atoms. The largest absolute Gasteiger partial charge is 0.378 e. The number of ether oxygens (including phenoxy) is 4. The van der Waals surface area contributed by atoms with Gasteiger partial charge in [0.05, 0.1) is 81.8 Å². The monoisotopic (exact) mass is 526 g/mol. The standard InChI is InChI=1S/C28H42N6O4/c1-2-3-26-31-24-6-4-22-20-33-8-12-35-16-18-37-14-10-34(11-15-38-19-17-36-13-9-33)21-23-5-7-25(32-26)28(30-23)27(24)29-22/h4-7,26,31-32H,2-3,8-21H2,1H3. The van der Waals surface area contributed by atoms with Crippen molar-refractivity contribution >= 4 is 11.4 Å². The zero-order valence-electron chi connectivity index (χ0n) is 22.6. The Morgan fingerprint density at radius 1 is 0.658 bits per heavy atom. The molecule has 2 aromatic heterocycles. The topological polar surface area (TPSA) is 93.2 Å². The van der Waals surface area contributed by atoms with Crippen molar-refractivity contribution in [1.29, 1.82) is 0 Å². The molecule has 4 aliphatic heterocycles. The number of aromatic nitrogens is 2. The minimum atomic E-state index is 0.125. The lowest BCUT2D eigenvalue weighted by Crippen LogP contribution is -2.33. The molecular weight excluding hydrogens is 484 g/mol. The fourth-order valence-corrected chi connectivity index (χ4v) is 5.03. The molecule has 6 rings (SSSR count). The van der Waals surface area contributed by atoms with Crippen LogP contribution in [0.5, 0.6) is 0 Å². The lowest BCUT2D eigenvalue weighted by atomic mass is 10.1. The van der Waals surface area contributed by atoms with E-state index in [0.29, 0.717) is 65.9 Å². The highest BCUT2D eigenvalue weighted by Crippen LogP contribution is 2.35. The van der Waals surface area contributed by atoms with Crippen LogP contribution in [0.1, 0.15) is 31.2 Å². The smallest absolute Gasteiger partial charge is 0.114 e. The molecule has 4 aliphatic rings. The Hall–Kier alpha value is -2.34. The minimum absolute atomic E-state index is 0.125. The summed E-state index contributed by atoms with van der Waals surface area (Å²) in [5.41, 5.74) is 5.85. The van der Waals surface area contributed by atoms with E-state index in [2.05, 4.69) is 51.6 Å². The number of anilines is 2. The van der Waals surface area contributed by atoms with E-state index in [4.69, 9.17) is 28.9 Å². The van der Waals surface area contributed by atoms with E-state index in [9.17, 15) is 0 Å². The van der Waals surface area contributed by atoms with E-state index >= 15 is 0 Å². The molecule has 208 valence electrons. The van der Waals surface area contributed by atoms with E-state index in [-0.39, 0.29) is 6.17 Å². The zero-order chi connectivity index (χ0) is 26.0. The zero-order valence-corrected chi connectivity index (χ0v) is 22.6. The predicted octanol–water partition coefficient (Wildman–Crippen LogP) is 2.80. The van der Waals surface area contributed by atoms with Crippen molar-refractivity contribution in [3.8, 4) is 11.4 Å². The highest BCUT2D eigenvalue weighted by Gasteiger charge is 2.23. The summed E-state index contributed by atoms with van der Waals surface area (Å²) in [5, 5.41) is 7.35. The molecule has 0 spiro atoms. The first-order chi connectivity index (χ1) is 18.8. The lowest BCUT2D eigenvalue weighted by molar-refractivity contribution is 0.00598. The van der Waals surface area contributed by atoms with Gasteiger partial charge in [0.15, 0.2) is 0 Å². The molecule has 6 bridgehead atoms. The van der Waals surface area contributed by atoms with Crippen LogP contribution in [0.3, 0.4) is 0 Å². The Balaban J connectivity index is 1.53. The van der Waals surface area contributed by atoms with Crippen molar-refractivity contribution in [1.82, 2.24) is 19.8 Å². The van der Waals surface area contributed by atoms with Gasteiger partial charge in [0.1, 0.15) is 11.4 Å². The second kappa shape index (κ2) is 14.2. The Kier molecular flexibility index (Phi) is 10.1. The maximum atomic E-state index is 5.90. The predicted molar refractivity (Wildman–Crippen MR) is 147 cm³/mol. The molecule has 0 amide bonds. The van der Waals surface area contributed by atoms with Crippen LogP contribution in [0.2, 0.25) is 0 Å². The Morgan fingerprint density at radius 2 is 1.08 bits per heavy atom. The second-order valence-electron chi connectivity index (χ2n) is 10.0. The molecule has 10 heteroatoms. The summed E-state index contributed by atoms with van der Waals surface area (Å²) < 4.78 is 23.6. The molecule has 0 saturated carbocycles. The Labute approximate surface area is 226 Å². The van der Waals surface area contributed by atoms with Gasteiger partial charge in [0.25, 0.3) is 0 Å². The molecule has 0 atom stereocenters. The molecule has 1 saturated heterocycles. The van der Waals surface area contributed by atoms with Crippen LogP contribution in [-0.2, 0) is 32.0 Å². The van der Waals surface area contributed by atoms with Gasteiger partial charge in [-0.15, -0.1) is 0 Å². The number of hydrogen-bond acceptors (Lipinski definition) is 10. The number of fused-ring (bicyclic) bond motifs is 14. The quantitative estimate of drug-likeness (QED) is 0.609. The van der Waals surface area contributed by atoms with Crippen molar-refractivity contribution in [3.05, 3.63) is 35.7 Å². The highest BCUT2D eigenvalue weighted by molar-refractivity contribution is 5.83. The average Bonchev–Trinajstić information content (AvgIpc) is 3.06. The first kappa shape index (κ1) is 27.2. The number of nitrogens with one attached hydrogen (secondary N) is 2. The lowest BCUT2D eigenvalue weighted by Gasteiger charge is -2.24. The van der Waals surface area contributed by atoms with Crippen LogP contribution in [-0.4, -0.2) is 105 Å². The maximum absolute atomic E-state index is 5.90. The summed E-state index contributed by atoms with van der Waals surface area (Å²) in [6.45, 7) is 11.7. The Bertz CT molecular complexity index is 927. The summed E-state index contributed by atoms with van der Waals surface area (Å²) in [7, 11) is 0. The molecule has 0 unspecified atom stereocenters. The third-order valence-corrected chi connectivity index (χ3v) is 7.09. The van der Waals surface area contributed by atoms with Crippen LogP contribution in [0.15, 0.2) is 24.3 Å². The second-order valence-corrected chi connectivity index (χ2v) is 10.0. The fraction of sp³-hybridized carbons (Fsp3) is 0.643. The summed E-state index contributed by atoms with van der Waals surface area (Å²) in [5.74, 6) is 0. The minimum Gasteiger partial charge on any atom is -0.378 e. The Morgan fingerprint density at radius 3 is 1.47 bits per heavy atom. The third kappa shape index (κ3) is 7.62. The van der Waals surface area contributed by atoms with Crippen LogP contribution < -0.4 is 10.6 Å². The van der Waals surface area contributed by atoms with Gasteiger partial charge in [-0.25, -0.2) is 9.97 Å². The molecule has 6 heterocycles. The first-order valence-corrected chi connectivity index (χ1v) is 14.1. The van der Waals surface area contributed by atoms with Crippen molar-refractivity contribution in [3.63, 3.8) is 0 Å². The average molecular weight is 527 g/mol. The summed E-state index contributed by atoms with van der Waals surface area (Å²) in [6.07, 6.45) is 2.20. The summed E-state index contributed by atoms with van der Waals surface area (Å²) >= 11 is 0. The molecule has 10 nitrogen and oxygen atoms in total. The van der Waals surface area contributed by atoms with E-state index in [0.717, 1.165) is 73.2 Å². The van der Waals surface area contributed by atoms with Crippen LogP contribution in [0.4, 0.5) is 11.4 Å². The van der Waals surface area contributed by atoms with E-state index < -0.39 is 0 Å². The third-order valence-electron chi connectivity index (χ3n) is 7.09. The summed E-state index contributed by atoms with van der Waals surface area (Å²) in [6, 6.07) is 8.57. The van der Waals surface area contributed by atoms with Gasteiger partial charge >= 0.3 is 0 Å². The van der Waals surface area contributed by atoms with Gasteiger partial charge < -0.3 is 29.6 Å². The van der Waals surface area contributed by atoms with Crippen molar-refractivity contribution < 1.29 is 18.9 Å². The molecule has 2 N–H and O–H groups in total. The van der Waals surface area contributed by atoms with Crippen LogP contribution in [0.25, 0.3) is 11.4 Å². The molecular formula is C28H42N6O4. The molecule has 2 aromatic rings. The molecule has 1 fully saturated rings. The van der Waals surface area contributed by atoms with Crippen molar-refractivity contribution in [2.75, 3.05) is 89.7 Å². The number of nitrogens with zero attached hydrogens (tertiary/aromatic N) is 4. The highest BCUT2D eigenvalue weighted by atomic mass is 16.5. The van der Waals surface area contributed by atoms with Crippen LogP contribution in [0, 0.1) is 0 Å². The molecule has 0 aromatic carbocycles. The molecule has 0 radical (unpaired) electrons. The van der Waals surface area contributed by atoms with Crippen molar-refractivity contribution in [2.24, 2.45) is 0 Å². The summed E-state index contributed by atoms with van der Waals surface area (Å²) in [4.78, 5) is 15.0. The van der Waals surface area contributed by atoms with Crippen LogP contribution >= 0.6 is 0 Å². The van der Waals surface area contributed by atoms with E-state index in [1.165, 1.54) is 0 Å². The number of hydrogen-bond donors (Lipinski definition) is 2. The van der Waals surface area contributed by atoms with Gasteiger partial charge in [-0.3, -0.25) is 9.80 Å².